The van der Waals surface area contributed by atoms with Crippen LogP contribution >= 0.6 is 23.2 Å². The lowest BCUT2D eigenvalue weighted by molar-refractivity contribution is -0.140. The summed E-state index contributed by atoms with van der Waals surface area (Å²) < 4.78 is 35.2. The second-order valence-electron chi connectivity index (χ2n) is 11.3. The Balaban J connectivity index is 1.87. The third-order valence-electron chi connectivity index (χ3n) is 7.87. The molecule has 11 heteroatoms. The van der Waals surface area contributed by atoms with Crippen molar-refractivity contribution in [2.75, 3.05) is 18.0 Å². The first-order valence-corrected chi connectivity index (χ1v) is 17.4. The maximum Gasteiger partial charge on any atom is 0.264 e. The van der Waals surface area contributed by atoms with Crippen LogP contribution in [-0.4, -0.2) is 50.9 Å². The van der Waals surface area contributed by atoms with Gasteiger partial charge in [0.25, 0.3) is 10.0 Å². The van der Waals surface area contributed by atoms with E-state index in [9.17, 15) is 18.0 Å². The molecule has 8 nitrogen and oxygen atoms in total. The van der Waals surface area contributed by atoms with E-state index in [1.807, 2.05) is 51.1 Å². The van der Waals surface area contributed by atoms with Gasteiger partial charge >= 0.3 is 0 Å². The highest BCUT2D eigenvalue weighted by molar-refractivity contribution is 7.92. The fraction of sp³-hybridized carbons (Fsp3) is 0.278. The largest absolute Gasteiger partial charge is 0.495 e. The van der Waals surface area contributed by atoms with Crippen molar-refractivity contribution in [1.82, 2.24) is 10.2 Å². The molecule has 0 radical (unpaired) electrons. The minimum absolute atomic E-state index is 0.0223. The van der Waals surface area contributed by atoms with E-state index in [0.29, 0.717) is 17.0 Å². The molecule has 0 aliphatic heterocycles. The molecule has 4 rings (SSSR count). The molecule has 0 bridgehead atoms. The lowest BCUT2D eigenvalue weighted by Gasteiger charge is -2.34. The van der Waals surface area contributed by atoms with Crippen LogP contribution in [0.5, 0.6) is 5.75 Å². The smallest absolute Gasteiger partial charge is 0.264 e. The summed E-state index contributed by atoms with van der Waals surface area (Å²) >= 11 is 12.9. The van der Waals surface area contributed by atoms with Crippen molar-refractivity contribution in [2.45, 2.75) is 57.1 Å². The molecular weight excluding hydrogens is 657 g/mol. The number of anilines is 1. The maximum atomic E-state index is 14.7. The second-order valence-corrected chi connectivity index (χ2v) is 14.0. The number of halogens is 2. The molecule has 0 aliphatic rings. The van der Waals surface area contributed by atoms with Crippen molar-refractivity contribution in [3.8, 4) is 5.75 Å². The third-order valence-corrected chi connectivity index (χ3v) is 10.2. The van der Waals surface area contributed by atoms with Gasteiger partial charge in [0.05, 0.1) is 17.7 Å². The van der Waals surface area contributed by atoms with Gasteiger partial charge in [0, 0.05) is 29.1 Å². The fourth-order valence-corrected chi connectivity index (χ4v) is 6.79. The molecule has 248 valence electrons. The summed E-state index contributed by atoms with van der Waals surface area (Å²) in [6, 6.07) is 26.1. The summed E-state index contributed by atoms with van der Waals surface area (Å²) in [4.78, 5) is 30.0. The van der Waals surface area contributed by atoms with Crippen molar-refractivity contribution in [1.29, 1.82) is 0 Å². The average Bonchev–Trinajstić information content (AvgIpc) is 3.06. The Morgan fingerprint density at radius 1 is 0.915 bits per heavy atom. The van der Waals surface area contributed by atoms with Gasteiger partial charge < -0.3 is 15.0 Å². The summed E-state index contributed by atoms with van der Waals surface area (Å²) in [6.07, 6.45) is 0.865. The molecule has 0 saturated carbocycles. The molecule has 0 aromatic heterocycles. The Morgan fingerprint density at radius 3 is 2.21 bits per heavy atom. The number of nitrogens with one attached hydrogen (secondary N) is 1. The van der Waals surface area contributed by atoms with E-state index < -0.39 is 28.5 Å². The second kappa shape index (κ2) is 16.2. The molecule has 1 N–H and O–H groups in total. The molecule has 2 atom stereocenters. The predicted molar refractivity (Wildman–Crippen MR) is 188 cm³/mol. The molecule has 0 saturated heterocycles. The Labute approximate surface area is 287 Å². The van der Waals surface area contributed by atoms with E-state index in [-0.39, 0.29) is 46.3 Å². The number of nitrogens with zero attached hydrogens (tertiary/aromatic N) is 2. The van der Waals surface area contributed by atoms with Gasteiger partial charge in [-0.15, -0.1) is 0 Å². The van der Waals surface area contributed by atoms with Crippen LogP contribution in [0.1, 0.15) is 37.0 Å². The summed E-state index contributed by atoms with van der Waals surface area (Å²) in [7, 11) is -2.93. The van der Waals surface area contributed by atoms with Crippen LogP contribution in [-0.2, 0) is 32.6 Å². The molecule has 2 unspecified atom stereocenters. The number of rotatable bonds is 14. The molecule has 0 heterocycles. The molecule has 0 fully saturated rings. The molecule has 4 aromatic rings. The highest BCUT2D eigenvalue weighted by Crippen LogP contribution is 2.35. The van der Waals surface area contributed by atoms with Gasteiger partial charge in [-0.1, -0.05) is 96.4 Å². The first-order valence-electron chi connectivity index (χ1n) is 15.2. The molecule has 0 aliphatic carbocycles. The van der Waals surface area contributed by atoms with E-state index >= 15 is 0 Å². The van der Waals surface area contributed by atoms with Gasteiger partial charge in [0.2, 0.25) is 11.8 Å². The zero-order chi connectivity index (χ0) is 34.1. The number of hydrogen-bond donors (Lipinski definition) is 1. The lowest BCUT2D eigenvalue weighted by atomic mass is 10.0. The highest BCUT2D eigenvalue weighted by atomic mass is 35.5. The van der Waals surface area contributed by atoms with E-state index in [1.54, 1.807) is 48.5 Å². The predicted octanol–water partition coefficient (Wildman–Crippen LogP) is 7.06. The third kappa shape index (κ3) is 9.06. The number of ether oxygens (including phenoxy) is 1. The Hall–Kier alpha value is -4.05. The molecule has 4 aromatic carbocycles. The SMILES string of the molecule is CCC(C)NC(=O)C(Cc1ccccc1)N(Cc1ccccc1Cl)C(=O)CN(c1cc(Cl)ccc1OC)S(=O)(=O)c1ccc(C)cc1. The monoisotopic (exact) mass is 695 g/mol. The van der Waals surface area contributed by atoms with Crippen LogP contribution in [0, 0.1) is 6.92 Å². The number of amides is 2. The number of hydrogen-bond acceptors (Lipinski definition) is 5. The minimum atomic E-state index is -4.34. The Bertz CT molecular complexity index is 1790. The maximum absolute atomic E-state index is 14.7. The summed E-state index contributed by atoms with van der Waals surface area (Å²) in [5.74, 6) is -0.786. The van der Waals surface area contributed by atoms with Gasteiger partial charge in [-0.05, 0) is 67.8 Å². The van der Waals surface area contributed by atoms with Gasteiger partial charge in [0.15, 0.2) is 0 Å². The van der Waals surface area contributed by atoms with Crippen molar-refractivity contribution in [3.63, 3.8) is 0 Å². The first-order chi connectivity index (χ1) is 22.4. The minimum Gasteiger partial charge on any atom is -0.495 e. The van der Waals surface area contributed by atoms with Gasteiger partial charge in [-0.2, -0.15) is 0 Å². The molecule has 0 spiro atoms. The number of benzene rings is 4. The number of methoxy groups -OCH3 is 1. The molecule has 47 heavy (non-hydrogen) atoms. The standard InChI is InChI=1S/C36H39Cl2N3O5S/c1-5-26(3)39-36(43)33(21-27-11-7-6-8-12-27)40(23-28-13-9-10-14-31(28)38)35(42)24-41(32-22-29(37)17-20-34(32)46-4)47(44,45)30-18-15-25(2)16-19-30/h6-20,22,26,33H,5,21,23-24H2,1-4H3,(H,39,43). The van der Waals surface area contributed by atoms with E-state index in [1.165, 1.54) is 30.2 Å². The number of aryl methyl sites for hydroxylation is 1. The normalized spacial score (nSPS) is 12.6. The summed E-state index contributed by atoms with van der Waals surface area (Å²) in [5.41, 5.74) is 2.38. The summed E-state index contributed by atoms with van der Waals surface area (Å²) in [6.45, 7) is 4.99. The Morgan fingerprint density at radius 2 is 1.57 bits per heavy atom. The lowest BCUT2D eigenvalue weighted by Crippen LogP contribution is -2.54. The van der Waals surface area contributed by atoms with Crippen molar-refractivity contribution < 1.29 is 22.7 Å². The summed E-state index contributed by atoms with van der Waals surface area (Å²) in [5, 5.41) is 3.68. The van der Waals surface area contributed by atoms with Crippen molar-refractivity contribution in [2.24, 2.45) is 0 Å². The van der Waals surface area contributed by atoms with Crippen LogP contribution in [0.25, 0.3) is 0 Å². The van der Waals surface area contributed by atoms with Crippen molar-refractivity contribution in [3.05, 3.63) is 124 Å². The first kappa shape index (κ1) is 35.8. The van der Waals surface area contributed by atoms with Crippen LogP contribution in [0.4, 0.5) is 5.69 Å². The van der Waals surface area contributed by atoms with Gasteiger partial charge in [-0.3, -0.25) is 13.9 Å². The van der Waals surface area contributed by atoms with E-state index in [0.717, 1.165) is 15.4 Å². The quantitative estimate of drug-likeness (QED) is 0.152. The molecular formula is C36H39Cl2N3O5S. The average molecular weight is 697 g/mol. The number of carbonyl (C=O) groups excluding carboxylic acids is 2. The van der Waals surface area contributed by atoms with Crippen LogP contribution < -0.4 is 14.4 Å². The number of sulfonamides is 1. The van der Waals surface area contributed by atoms with Crippen LogP contribution in [0.2, 0.25) is 10.0 Å². The van der Waals surface area contributed by atoms with Gasteiger partial charge in [0.1, 0.15) is 18.3 Å². The highest BCUT2D eigenvalue weighted by Gasteiger charge is 2.36. The zero-order valence-electron chi connectivity index (χ0n) is 26.8. The fourth-order valence-electron chi connectivity index (χ4n) is 5.01. The Kier molecular flexibility index (Phi) is 12.3. The van der Waals surface area contributed by atoms with Crippen LogP contribution in [0.15, 0.2) is 102 Å². The topological polar surface area (TPSA) is 96.0 Å². The van der Waals surface area contributed by atoms with Crippen LogP contribution in [0.3, 0.4) is 0 Å². The van der Waals surface area contributed by atoms with E-state index in [4.69, 9.17) is 27.9 Å². The van der Waals surface area contributed by atoms with Crippen molar-refractivity contribution >= 4 is 50.7 Å². The zero-order valence-corrected chi connectivity index (χ0v) is 29.1. The number of carbonyl (C=O) groups is 2. The molecule has 2 amide bonds. The van der Waals surface area contributed by atoms with E-state index in [2.05, 4.69) is 5.32 Å². The van der Waals surface area contributed by atoms with Gasteiger partial charge in [-0.25, -0.2) is 8.42 Å².